The molecule has 3 nitrogen and oxygen atoms in total. The number of fused-ring (bicyclic) bond motifs is 1. The average Bonchev–Trinajstić information content (AvgIpc) is 3.12. The van der Waals surface area contributed by atoms with Crippen LogP contribution < -0.4 is 10.5 Å². The van der Waals surface area contributed by atoms with Gasteiger partial charge in [0.15, 0.2) is 5.13 Å². The maximum absolute atomic E-state index is 5.90. The second kappa shape index (κ2) is 7.18. The van der Waals surface area contributed by atoms with Crippen LogP contribution in [0.4, 0.5) is 5.13 Å². The largest absolute Gasteiger partial charge is 0.497 e. The lowest BCUT2D eigenvalue weighted by atomic mass is 9.89. The Hall–Kier alpha value is -2.85. The molecule has 26 heavy (non-hydrogen) atoms. The van der Waals surface area contributed by atoms with Gasteiger partial charge in [-0.2, -0.15) is 0 Å². The van der Waals surface area contributed by atoms with Crippen LogP contribution >= 0.6 is 11.3 Å². The van der Waals surface area contributed by atoms with E-state index in [1.165, 1.54) is 33.2 Å². The molecule has 0 aliphatic carbocycles. The van der Waals surface area contributed by atoms with Crippen molar-refractivity contribution in [2.24, 2.45) is 0 Å². The molecule has 1 atom stereocenters. The Morgan fingerprint density at radius 3 is 2.46 bits per heavy atom. The van der Waals surface area contributed by atoms with E-state index >= 15 is 0 Å². The zero-order valence-electron chi connectivity index (χ0n) is 14.6. The fraction of sp³-hybridized carbons (Fsp3) is 0.136. The predicted octanol–water partition coefficient (Wildman–Crippen LogP) is 5.26. The molecule has 1 aromatic heterocycles. The van der Waals surface area contributed by atoms with Crippen molar-refractivity contribution in [3.63, 3.8) is 0 Å². The number of nitrogens with zero attached hydrogens (tertiary/aromatic N) is 1. The number of aromatic nitrogens is 1. The molecule has 4 rings (SSSR count). The molecular weight excluding hydrogens is 340 g/mol. The normalized spacial score (nSPS) is 12.2. The van der Waals surface area contributed by atoms with Crippen molar-refractivity contribution >= 4 is 27.2 Å². The molecule has 3 aromatic carbocycles. The van der Waals surface area contributed by atoms with E-state index in [4.69, 9.17) is 10.5 Å². The molecule has 1 unspecified atom stereocenters. The van der Waals surface area contributed by atoms with Gasteiger partial charge in [-0.05, 0) is 40.5 Å². The molecule has 0 bridgehead atoms. The number of nitrogen functional groups attached to an aromatic ring is 1. The van der Waals surface area contributed by atoms with E-state index in [2.05, 4.69) is 65.0 Å². The summed E-state index contributed by atoms with van der Waals surface area (Å²) in [6.07, 6.45) is 0.875. The van der Waals surface area contributed by atoms with Gasteiger partial charge in [0.1, 0.15) is 5.75 Å². The quantitative estimate of drug-likeness (QED) is 0.528. The lowest BCUT2D eigenvalue weighted by Gasteiger charge is -2.16. The Balaban J connectivity index is 1.71. The summed E-state index contributed by atoms with van der Waals surface area (Å²) in [6.45, 7) is 0. The zero-order valence-corrected chi connectivity index (χ0v) is 15.4. The Morgan fingerprint density at radius 1 is 1.00 bits per heavy atom. The summed E-state index contributed by atoms with van der Waals surface area (Å²) < 4.78 is 5.29. The summed E-state index contributed by atoms with van der Waals surface area (Å²) in [7, 11) is 1.68. The average molecular weight is 360 g/mol. The van der Waals surface area contributed by atoms with Crippen LogP contribution in [-0.2, 0) is 6.42 Å². The van der Waals surface area contributed by atoms with Crippen molar-refractivity contribution < 1.29 is 4.74 Å². The molecule has 0 fully saturated rings. The van der Waals surface area contributed by atoms with Gasteiger partial charge in [0.2, 0.25) is 0 Å². The molecule has 0 radical (unpaired) electrons. The molecule has 0 saturated heterocycles. The Bertz CT molecular complexity index is 1020. The van der Waals surface area contributed by atoms with Gasteiger partial charge < -0.3 is 10.5 Å². The highest BCUT2D eigenvalue weighted by Crippen LogP contribution is 2.32. The fourth-order valence-corrected chi connectivity index (χ4v) is 3.91. The number of hydrogen-bond donors (Lipinski definition) is 1. The monoisotopic (exact) mass is 360 g/mol. The number of hydrogen-bond acceptors (Lipinski definition) is 4. The Kier molecular flexibility index (Phi) is 4.59. The van der Waals surface area contributed by atoms with Crippen LogP contribution in [0.5, 0.6) is 5.75 Å². The van der Waals surface area contributed by atoms with E-state index in [1.807, 2.05) is 12.1 Å². The van der Waals surface area contributed by atoms with E-state index in [9.17, 15) is 0 Å². The van der Waals surface area contributed by atoms with Gasteiger partial charge in [-0.15, -0.1) is 11.3 Å². The van der Waals surface area contributed by atoms with Gasteiger partial charge in [-0.25, -0.2) is 4.98 Å². The van der Waals surface area contributed by atoms with Crippen molar-refractivity contribution in [2.45, 2.75) is 12.3 Å². The third-order valence-electron chi connectivity index (χ3n) is 4.67. The minimum atomic E-state index is 0.163. The van der Waals surface area contributed by atoms with E-state index in [0.29, 0.717) is 5.13 Å². The van der Waals surface area contributed by atoms with Gasteiger partial charge >= 0.3 is 0 Å². The minimum Gasteiger partial charge on any atom is -0.497 e. The highest BCUT2D eigenvalue weighted by atomic mass is 32.1. The van der Waals surface area contributed by atoms with Crippen LogP contribution in [0.15, 0.2) is 72.1 Å². The summed E-state index contributed by atoms with van der Waals surface area (Å²) >= 11 is 1.49. The second-order valence-corrected chi connectivity index (χ2v) is 7.21. The minimum absolute atomic E-state index is 0.163. The van der Waals surface area contributed by atoms with Crippen LogP contribution in [-0.4, -0.2) is 12.1 Å². The van der Waals surface area contributed by atoms with Crippen LogP contribution in [0.3, 0.4) is 0 Å². The molecule has 2 N–H and O–H groups in total. The third kappa shape index (κ3) is 3.41. The maximum Gasteiger partial charge on any atom is 0.180 e. The van der Waals surface area contributed by atoms with E-state index in [-0.39, 0.29) is 5.92 Å². The number of anilines is 1. The molecule has 0 amide bonds. The van der Waals surface area contributed by atoms with Crippen LogP contribution in [0, 0.1) is 0 Å². The van der Waals surface area contributed by atoms with Crippen molar-refractivity contribution in [2.75, 3.05) is 12.8 Å². The van der Waals surface area contributed by atoms with Crippen LogP contribution in [0.1, 0.15) is 22.7 Å². The first kappa shape index (κ1) is 16.6. The van der Waals surface area contributed by atoms with E-state index < -0.39 is 0 Å². The lowest BCUT2D eigenvalue weighted by molar-refractivity contribution is 0.414. The zero-order chi connectivity index (χ0) is 17.9. The maximum atomic E-state index is 5.90. The van der Waals surface area contributed by atoms with Gasteiger partial charge in [-0.3, -0.25) is 0 Å². The first-order valence-corrected chi connectivity index (χ1v) is 9.43. The van der Waals surface area contributed by atoms with Crippen molar-refractivity contribution in [1.29, 1.82) is 0 Å². The summed E-state index contributed by atoms with van der Waals surface area (Å²) in [5.74, 6) is 1.02. The Labute approximate surface area is 157 Å². The van der Waals surface area contributed by atoms with Gasteiger partial charge in [0.05, 0.1) is 12.8 Å². The Morgan fingerprint density at radius 2 is 1.77 bits per heavy atom. The summed E-state index contributed by atoms with van der Waals surface area (Å²) in [5.41, 5.74) is 9.41. The highest BCUT2D eigenvalue weighted by Gasteiger charge is 2.18. The molecular formula is C22H20N2OS. The SMILES string of the molecule is COc1ccc(C(Cc2ccc3ccccc3c2)c2csc(N)n2)cc1. The van der Waals surface area contributed by atoms with Crippen LogP contribution in [0.2, 0.25) is 0 Å². The molecule has 0 spiro atoms. The first-order valence-electron chi connectivity index (χ1n) is 8.55. The molecule has 0 saturated carbocycles. The fourth-order valence-electron chi connectivity index (χ4n) is 3.29. The standard InChI is InChI=1S/C22H20N2OS/c1-25-19-10-8-17(9-11-19)20(21-14-26-22(23)24-21)13-15-6-7-16-4-2-3-5-18(16)12-15/h2-12,14,20H,13H2,1H3,(H2,23,24). The van der Waals surface area contributed by atoms with Gasteiger partial charge in [0.25, 0.3) is 0 Å². The number of ether oxygens (including phenoxy) is 1. The molecule has 1 heterocycles. The summed E-state index contributed by atoms with van der Waals surface area (Å²) in [5, 5.41) is 5.19. The van der Waals surface area contributed by atoms with E-state index in [0.717, 1.165) is 17.9 Å². The molecule has 4 heteroatoms. The molecule has 130 valence electrons. The van der Waals surface area contributed by atoms with Gasteiger partial charge in [0, 0.05) is 11.3 Å². The lowest BCUT2D eigenvalue weighted by Crippen LogP contribution is -2.06. The number of thiazole rings is 1. The topological polar surface area (TPSA) is 48.1 Å². The third-order valence-corrected chi connectivity index (χ3v) is 5.36. The predicted molar refractivity (Wildman–Crippen MR) is 109 cm³/mol. The number of rotatable bonds is 5. The first-order chi connectivity index (χ1) is 12.7. The van der Waals surface area contributed by atoms with Crippen LogP contribution in [0.25, 0.3) is 10.8 Å². The molecule has 0 aliphatic heterocycles. The number of benzene rings is 3. The second-order valence-electron chi connectivity index (χ2n) is 6.32. The molecule has 4 aromatic rings. The number of methoxy groups -OCH3 is 1. The van der Waals surface area contributed by atoms with Crippen molar-refractivity contribution in [3.05, 3.63) is 88.9 Å². The van der Waals surface area contributed by atoms with E-state index in [1.54, 1.807) is 7.11 Å². The molecule has 0 aliphatic rings. The van der Waals surface area contributed by atoms with Crippen molar-refractivity contribution in [3.8, 4) is 5.75 Å². The number of nitrogens with two attached hydrogens (primary N) is 1. The highest BCUT2D eigenvalue weighted by molar-refractivity contribution is 7.13. The van der Waals surface area contributed by atoms with Crippen molar-refractivity contribution in [1.82, 2.24) is 4.98 Å². The smallest absolute Gasteiger partial charge is 0.180 e. The summed E-state index contributed by atoms with van der Waals surface area (Å²) in [6, 6.07) is 23.3. The van der Waals surface area contributed by atoms with Gasteiger partial charge in [-0.1, -0.05) is 54.6 Å². The summed E-state index contributed by atoms with van der Waals surface area (Å²) in [4.78, 5) is 4.55.